The molecule has 0 spiro atoms. The maximum absolute atomic E-state index is 11.9. The van der Waals surface area contributed by atoms with Crippen LogP contribution in [0.3, 0.4) is 0 Å². The number of sulfonamides is 1. The molecular formula is C12H14N4O4S. The van der Waals surface area contributed by atoms with Gasteiger partial charge in [0.05, 0.1) is 4.90 Å². The Morgan fingerprint density at radius 1 is 1.29 bits per heavy atom. The number of nitrogens with zero attached hydrogens (tertiary/aromatic N) is 1. The van der Waals surface area contributed by atoms with Crippen LogP contribution in [0.1, 0.15) is 11.5 Å². The molecule has 21 heavy (non-hydrogen) atoms. The molecule has 0 fully saturated rings. The number of nitrogens with one attached hydrogen (secondary N) is 2. The summed E-state index contributed by atoms with van der Waals surface area (Å²) in [6.45, 7) is 3.35. The molecule has 4 N–H and O–H groups in total. The minimum atomic E-state index is -3.82. The first-order chi connectivity index (χ1) is 9.77. The number of anilines is 2. The fraction of sp³-hybridized carbons (Fsp3) is 0.167. The van der Waals surface area contributed by atoms with Crippen LogP contribution < -0.4 is 15.8 Å². The van der Waals surface area contributed by atoms with Crippen LogP contribution in [0.5, 0.6) is 0 Å². The number of urea groups is 1. The van der Waals surface area contributed by atoms with Gasteiger partial charge in [-0.2, -0.15) is 0 Å². The lowest BCUT2D eigenvalue weighted by Crippen LogP contribution is -2.20. The van der Waals surface area contributed by atoms with Gasteiger partial charge in [-0.25, -0.2) is 18.4 Å². The predicted octanol–water partition coefficient (Wildman–Crippen LogP) is 1.58. The Labute approximate surface area is 121 Å². The smallest absolute Gasteiger partial charge is 0.323 e. The van der Waals surface area contributed by atoms with Crippen LogP contribution in [0.25, 0.3) is 0 Å². The molecule has 112 valence electrons. The summed E-state index contributed by atoms with van der Waals surface area (Å²) >= 11 is 0. The van der Waals surface area contributed by atoms with E-state index in [0.717, 1.165) is 0 Å². The predicted molar refractivity (Wildman–Crippen MR) is 76.4 cm³/mol. The number of aromatic nitrogens is 1. The third kappa shape index (κ3) is 3.58. The Bertz CT molecular complexity index is 763. The molecule has 9 heteroatoms. The van der Waals surface area contributed by atoms with Crippen molar-refractivity contribution in [2.75, 3.05) is 10.6 Å². The highest BCUT2D eigenvalue weighted by molar-refractivity contribution is 7.89. The van der Waals surface area contributed by atoms with Gasteiger partial charge in [0.15, 0.2) is 5.76 Å². The molecule has 0 aliphatic heterocycles. The second kappa shape index (κ2) is 5.54. The summed E-state index contributed by atoms with van der Waals surface area (Å²) in [5, 5.41) is 13.8. The van der Waals surface area contributed by atoms with Crippen molar-refractivity contribution in [2.24, 2.45) is 5.14 Å². The Balaban J connectivity index is 2.14. The second-order valence-electron chi connectivity index (χ2n) is 4.35. The fourth-order valence-corrected chi connectivity index (χ4v) is 2.25. The molecule has 0 aliphatic rings. The zero-order valence-corrected chi connectivity index (χ0v) is 12.2. The van der Waals surface area contributed by atoms with Gasteiger partial charge in [0.1, 0.15) is 11.4 Å². The van der Waals surface area contributed by atoms with E-state index in [-0.39, 0.29) is 4.90 Å². The normalized spacial score (nSPS) is 11.2. The van der Waals surface area contributed by atoms with Gasteiger partial charge in [0.2, 0.25) is 10.0 Å². The van der Waals surface area contributed by atoms with Gasteiger partial charge in [0.25, 0.3) is 0 Å². The molecule has 0 saturated carbocycles. The first kappa shape index (κ1) is 15.0. The summed E-state index contributed by atoms with van der Waals surface area (Å²) in [7, 11) is -3.82. The number of carbonyl (C=O) groups is 1. The lowest BCUT2D eigenvalue weighted by molar-refractivity contribution is 0.262. The maximum atomic E-state index is 11.9. The van der Waals surface area contributed by atoms with E-state index in [2.05, 4.69) is 15.8 Å². The largest absolute Gasteiger partial charge is 0.359 e. The van der Waals surface area contributed by atoms with Crippen molar-refractivity contribution >= 4 is 27.4 Å². The molecule has 8 nitrogen and oxygen atoms in total. The molecule has 1 aromatic heterocycles. The number of hydrogen-bond donors (Lipinski definition) is 3. The van der Waals surface area contributed by atoms with Crippen LogP contribution in [-0.2, 0) is 10.0 Å². The first-order valence-corrected chi connectivity index (χ1v) is 7.46. The van der Waals surface area contributed by atoms with Crippen molar-refractivity contribution in [3.63, 3.8) is 0 Å². The third-order valence-electron chi connectivity index (χ3n) is 2.69. The molecule has 0 saturated heterocycles. The highest BCUT2D eigenvalue weighted by atomic mass is 32.2. The SMILES string of the molecule is Cc1noc(C)c1NC(=O)Nc1cccc(S(N)(=O)=O)c1. The standard InChI is InChI=1S/C12H14N4O4S/c1-7-11(8(2)20-16-7)15-12(17)14-9-4-3-5-10(6-9)21(13,18)19/h3-6H,1-2H3,(H2,13,18,19)(H2,14,15,17). The van der Waals surface area contributed by atoms with Gasteiger partial charge in [-0.1, -0.05) is 11.2 Å². The Hall–Kier alpha value is -2.39. The van der Waals surface area contributed by atoms with Gasteiger partial charge in [-0.3, -0.25) is 0 Å². The minimum absolute atomic E-state index is 0.0855. The lowest BCUT2D eigenvalue weighted by atomic mass is 10.3. The molecule has 2 aromatic rings. The van der Waals surface area contributed by atoms with Gasteiger partial charge in [0, 0.05) is 5.69 Å². The minimum Gasteiger partial charge on any atom is -0.359 e. The van der Waals surface area contributed by atoms with Crippen molar-refractivity contribution < 1.29 is 17.7 Å². The van der Waals surface area contributed by atoms with Crippen molar-refractivity contribution in [2.45, 2.75) is 18.7 Å². The Morgan fingerprint density at radius 2 is 2.00 bits per heavy atom. The Morgan fingerprint density at radius 3 is 2.57 bits per heavy atom. The maximum Gasteiger partial charge on any atom is 0.323 e. The second-order valence-corrected chi connectivity index (χ2v) is 5.91. The molecule has 0 bridgehead atoms. The zero-order valence-electron chi connectivity index (χ0n) is 11.4. The summed E-state index contributed by atoms with van der Waals surface area (Å²) in [5.74, 6) is 0.473. The fourth-order valence-electron chi connectivity index (χ4n) is 1.69. The number of hydrogen-bond acceptors (Lipinski definition) is 5. The van der Waals surface area contributed by atoms with E-state index in [0.29, 0.717) is 22.8 Å². The van der Waals surface area contributed by atoms with Crippen LogP contribution in [0.15, 0.2) is 33.7 Å². The molecule has 0 radical (unpaired) electrons. The van der Waals surface area contributed by atoms with E-state index < -0.39 is 16.1 Å². The highest BCUT2D eigenvalue weighted by Gasteiger charge is 2.13. The number of primary sulfonamides is 1. The average Bonchev–Trinajstić information content (AvgIpc) is 2.70. The van der Waals surface area contributed by atoms with Gasteiger partial charge < -0.3 is 15.2 Å². The quantitative estimate of drug-likeness (QED) is 0.793. The molecule has 1 heterocycles. The molecular weight excluding hydrogens is 296 g/mol. The number of benzene rings is 1. The third-order valence-corrected chi connectivity index (χ3v) is 3.60. The number of nitrogens with two attached hydrogens (primary N) is 1. The number of amides is 2. The molecule has 1 aromatic carbocycles. The molecule has 0 unspecified atom stereocenters. The van der Waals surface area contributed by atoms with Crippen molar-refractivity contribution in [1.82, 2.24) is 5.16 Å². The summed E-state index contributed by atoms with van der Waals surface area (Å²) in [4.78, 5) is 11.8. The monoisotopic (exact) mass is 310 g/mol. The molecule has 2 rings (SSSR count). The highest BCUT2D eigenvalue weighted by Crippen LogP contribution is 2.19. The van der Waals surface area contributed by atoms with Crippen LogP contribution in [0, 0.1) is 13.8 Å². The van der Waals surface area contributed by atoms with Crippen LogP contribution in [0.4, 0.5) is 16.2 Å². The van der Waals surface area contributed by atoms with Gasteiger partial charge >= 0.3 is 6.03 Å². The van der Waals surface area contributed by atoms with Gasteiger partial charge in [-0.15, -0.1) is 0 Å². The summed E-state index contributed by atoms with van der Waals surface area (Å²) in [6.07, 6.45) is 0. The van der Waals surface area contributed by atoms with E-state index in [1.807, 2.05) is 0 Å². The van der Waals surface area contributed by atoms with Crippen molar-refractivity contribution in [1.29, 1.82) is 0 Å². The number of carbonyl (C=O) groups excluding carboxylic acids is 1. The topological polar surface area (TPSA) is 127 Å². The molecule has 2 amide bonds. The van der Waals surface area contributed by atoms with Crippen LogP contribution >= 0.6 is 0 Å². The lowest BCUT2D eigenvalue weighted by Gasteiger charge is -2.08. The summed E-state index contributed by atoms with van der Waals surface area (Å²) in [5.41, 5.74) is 1.31. The average molecular weight is 310 g/mol. The van der Waals surface area contributed by atoms with Crippen molar-refractivity contribution in [3.05, 3.63) is 35.7 Å². The van der Waals surface area contributed by atoms with E-state index in [4.69, 9.17) is 9.66 Å². The van der Waals surface area contributed by atoms with E-state index >= 15 is 0 Å². The summed E-state index contributed by atoms with van der Waals surface area (Å²) < 4.78 is 27.4. The molecule has 0 aliphatic carbocycles. The number of rotatable bonds is 3. The van der Waals surface area contributed by atoms with E-state index in [1.165, 1.54) is 18.2 Å². The summed E-state index contributed by atoms with van der Waals surface area (Å²) in [6, 6.07) is 5.08. The molecule has 0 atom stereocenters. The van der Waals surface area contributed by atoms with E-state index in [1.54, 1.807) is 19.9 Å². The zero-order chi connectivity index (χ0) is 15.6. The number of aryl methyl sites for hydroxylation is 2. The van der Waals surface area contributed by atoms with Crippen LogP contribution in [-0.4, -0.2) is 19.6 Å². The van der Waals surface area contributed by atoms with Crippen LogP contribution in [0.2, 0.25) is 0 Å². The first-order valence-electron chi connectivity index (χ1n) is 5.91. The van der Waals surface area contributed by atoms with Crippen molar-refractivity contribution in [3.8, 4) is 0 Å². The van der Waals surface area contributed by atoms with E-state index in [9.17, 15) is 13.2 Å². The Kier molecular flexibility index (Phi) is 3.96. The van der Waals surface area contributed by atoms with Gasteiger partial charge in [-0.05, 0) is 32.0 Å².